The third-order valence-corrected chi connectivity index (χ3v) is 6.82. The molecule has 3 N–H and O–H groups in total. The van der Waals surface area contributed by atoms with Crippen molar-refractivity contribution >= 4 is 24.5 Å². The molecule has 0 aliphatic carbocycles. The van der Waals surface area contributed by atoms with Gasteiger partial charge >= 0.3 is 7.52 Å². The molecule has 0 saturated carbocycles. The van der Waals surface area contributed by atoms with E-state index in [-0.39, 0.29) is 12.5 Å². The minimum absolute atomic E-state index is 0.120. The number of nitrogens with zero attached hydrogens (tertiary/aromatic N) is 4. The molecule has 4 aromatic rings. The molecule has 4 rings (SSSR count). The molecule has 0 saturated heterocycles. The molecule has 11 heteroatoms. The Bertz CT molecular complexity index is 1250. The van der Waals surface area contributed by atoms with Crippen molar-refractivity contribution < 1.29 is 18.6 Å². The van der Waals surface area contributed by atoms with Crippen LogP contribution in [0.3, 0.4) is 0 Å². The fraction of sp³-hybridized carbons (Fsp3) is 0.292. The Labute approximate surface area is 204 Å². The zero-order valence-corrected chi connectivity index (χ0v) is 20.4. The van der Waals surface area contributed by atoms with Crippen LogP contribution in [0, 0.1) is 0 Å². The lowest BCUT2D eigenvalue weighted by Gasteiger charge is -2.23. The van der Waals surface area contributed by atoms with E-state index in [1.807, 2.05) is 60.0 Å². The highest BCUT2D eigenvalue weighted by Gasteiger charge is 2.26. The summed E-state index contributed by atoms with van der Waals surface area (Å²) in [6.07, 6.45) is 2.61. The molecule has 2 aromatic heterocycles. The quantitative estimate of drug-likeness (QED) is 0.210. The second-order valence-electron chi connectivity index (χ2n) is 7.96. The molecule has 184 valence electrons. The summed E-state index contributed by atoms with van der Waals surface area (Å²) >= 11 is 0. The topological polar surface area (TPSA) is 126 Å². The van der Waals surface area contributed by atoms with Gasteiger partial charge in [-0.05, 0) is 24.6 Å². The van der Waals surface area contributed by atoms with Gasteiger partial charge in [-0.15, -0.1) is 0 Å². The molecule has 0 spiro atoms. The van der Waals surface area contributed by atoms with Crippen molar-refractivity contribution in [3.63, 3.8) is 0 Å². The van der Waals surface area contributed by atoms with Gasteiger partial charge in [-0.2, -0.15) is 0 Å². The molecule has 0 amide bonds. The van der Waals surface area contributed by atoms with Gasteiger partial charge in [0.1, 0.15) is 23.9 Å². The summed E-state index contributed by atoms with van der Waals surface area (Å²) in [6, 6.07) is 18.9. The van der Waals surface area contributed by atoms with Crippen molar-refractivity contribution in [2.75, 3.05) is 25.2 Å². The van der Waals surface area contributed by atoms with E-state index in [4.69, 9.17) is 19.7 Å². The summed E-state index contributed by atoms with van der Waals surface area (Å²) in [7, 11) is -3.38. The van der Waals surface area contributed by atoms with E-state index in [0.717, 1.165) is 5.56 Å². The largest absolute Gasteiger partial charge is 0.431 e. The SMILES string of the molecule is C[C@H](Cn1cnc2c(N)ncnc21)OC[P@@](=O)(NCCOCc1ccccc1)Oc1ccccc1. The maximum atomic E-state index is 13.6. The van der Waals surface area contributed by atoms with Crippen LogP contribution in [0.4, 0.5) is 5.82 Å². The summed E-state index contributed by atoms with van der Waals surface area (Å²) in [4.78, 5) is 12.5. The van der Waals surface area contributed by atoms with Crippen LogP contribution in [-0.4, -0.2) is 45.1 Å². The van der Waals surface area contributed by atoms with Crippen molar-refractivity contribution in [3.8, 4) is 5.75 Å². The van der Waals surface area contributed by atoms with Gasteiger partial charge in [0.2, 0.25) is 0 Å². The minimum atomic E-state index is -3.38. The zero-order chi connectivity index (χ0) is 24.5. The zero-order valence-electron chi connectivity index (χ0n) is 19.5. The van der Waals surface area contributed by atoms with Gasteiger partial charge in [0.15, 0.2) is 11.5 Å². The number of ether oxygens (including phenoxy) is 2. The first-order valence-corrected chi connectivity index (χ1v) is 13.1. The van der Waals surface area contributed by atoms with E-state index in [2.05, 4.69) is 20.0 Å². The first-order valence-electron chi connectivity index (χ1n) is 11.3. The molecule has 35 heavy (non-hydrogen) atoms. The predicted octanol–water partition coefficient (Wildman–Crippen LogP) is 3.85. The first-order chi connectivity index (χ1) is 17.0. The summed E-state index contributed by atoms with van der Waals surface area (Å²) in [5.41, 5.74) is 8.09. The number of benzene rings is 2. The fourth-order valence-electron chi connectivity index (χ4n) is 3.40. The van der Waals surface area contributed by atoms with Crippen molar-refractivity contribution in [2.24, 2.45) is 0 Å². The number of rotatable bonds is 13. The van der Waals surface area contributed by atoms with Crippen LogP contribution in [0.5, 0.6) is 5.75 Å². The molecule has 2 aromatic carbocycles. The molecule has 0 aliphatic heterocycles. The fourth-order valence-corrected chi connectivity index (χ4v) is 4.95. The molecule has 0 radical (unpaired) electrons. The van der Waals surface area contributed by atoms with Crippen molar-refractivity contribution in [2.45, 2.75) is 26.2 Å². The smallest absolute Gasteiger partial charge is 0.342 e. The second-order valence-corrected chi connectivity index (χ2v) is 10.1. The van der Waals surface area contributed by atoms with E-state index < -0.39 is 7.52 Å². The van der Waals surface area contributed by atoms with Crippen LogP contribution < -0.4 is 15.3 Å². The Morgan fingerprint density at radius 1 is 1.06 bits per heavy atom. The average Bonchev–Trinajstić information content (AvgIpc) is 3.28. The number of aromatic nitrogens is 4. The third kappa shape index (κ3) is 7.10. The van der Waals surface area contributed by atoms with Crippen LogP contribution in [0.15, 0.2) is 73.3 Å². The van der Waals surface area contributed by atoms with Gasteiger partial charge < -0.3 is 24.3 Å². The van der Waals surface area contributed by atoms with Gasteiger partial charge in [-0.3, -0.25) is 4.57 Å². The average molecular weight is 497 g/mol. The maximum absolute atomic E-state index is 13.6. The lowest BCUT2D eigenvalue weighted by molar-refractivity contribution is 0.0815. The molecule has 0 unspecified atom stereocenters. The molecule has 0 bridgehead atoms. The third-order valence-electron chi connectivity index (χ3n) is 5.12. The van der Waals surface area contributed by atoms with E-state index in [9.17, 15) is 4.57 Å². The number of hydrogen-bond acceptors (Lipinski definition) is 8. The van der Waals surface area contributed by atoms with E-state index >= 15 is 0 Å². The monoisotopic (exact) mass is 496 g/mol. The van der Waals surface area contributed by atoms with Crippen LogP contribution in [0.25, 0.3) is 11.2 Å². The van der Waals surface area contributed by atoms with Crippen LogP contribution in [0.2, 0.25) is 0 Å². The highest BCUT2D eigenvalue weighted by atomic mass is 31.2. The van der Waals surface area contributed by atoms with Crippen molar-refractivity contribution in [3.05, 3.63) is 78.9 Å². The van der Waals surface area contributed by atoms with Gasteiger partial charge in [-0.25, -0.2) is 20.0 Å². The Balaban J connectivity index is 1.33. The lowest BCUT2D eigenvalue weighted by atomic mass is 10.2. The van der Waals surface area contributed by atoms with Gasteiger partial charge in [0.25, 0.3) is 0 Å². The minimum Gasteiger partial charge on any atom is -0.431 e. The summed E-state index contributed by atoms with van der Waals surface area (Å²) < 4.78 is 32.9. The first kappa shape index (κ1) is 24.8. The van der Waals surface area contributed by atoms with E-state index in [0.29, 0.717) is 49.0 Å². The number of anilines is 1. The van der Waals surface area contributed by atoms with Crippen molar-refractivity contribution in [1.29, 1.82) is 0 Å². The number of para-hydroxylation sites is 1. The molecule has 0 aliphatic rings. The summed E-state index contributed by atoms with van der Waals surface area (Å²) in [6.45, 7) is 3.52. The van der Waals surface area contributed by atoms with E-state index in [1.54, 1.807) is 18.5 Å². The molecule has 2 atom stereocenters. The molecular formula is C24H29N6O4P. The maximum Gasteiger partial charge on any atom is 0.342 e. The second kappa shape index (κ2) is 11.9. The number of nitrogen functional groups attached to an aromatic ring is 1. The number of imidazole rings is 1. The van der Waals surface area contributed by atoms with Crippen LogP contribution in [0.1, 0.15) is 12.5 Å². The number of hydrogen-bond donors (Lipinski definition) is 2. The lowest BCUT2D eigenvalue weighted by Crippen LogP contribution is -2.25. The van der Waals surface area contributed by atoms with Gasteiger partial charge in [-0.1, -0.05) is 48.5 Å². The standard InChI is InChI=1S/C24H29N6O4P/c1-19(14-30-17-28-22-23(25)26-16-27-24(22)30)33-18-35(31,34-21-10-6-3-7-11-21)29-12-13-32-15-20-8-4-2-5-9-20/h2-11,16-17,19H,12-15,18H2,1H3,(H,29,31)(H2,25,26,27)/t19-,35+/m1/s1. The number of fused-ring (bicyclic) bond motifs is 1. The molecule has 10 nitrogen and oxygen atoms in total. The Morgan fingerprint density at radius 3 is 2.57 bits per heavy atom. The normalized spacial score (nSPS) is 14.0. The molecule has 2 heterocycles. The molecule has 0 fully saturated rings. The predicted molar refractivity (Wildman–Crippen MR) is 134 cm³/mol. The summed E-state index contributed by atoms with van der Waals surface area (Å²) in [5.74, 6) is 0.819. The Kier molecular flexibility index (Phi) is 8.44. The highest BCUT2D eigenvalue weighted by molar-refractivity contribution is 7.57. The number of nitrogens with one attached hydrogen (secondary N) is 1. The highest BCUT2D eigenvalue weighted by Crippen LogP contribution is 2.43. The van der Waals surface area contributed by atoms with E-state index in [1.165, 1.54) is 6.33 Å². The van der Waals surface area contributed by atoms with Gasteiger partial charge in [0.05, 0.1) is 32.2 Å². The van der Waals surface area contributed by atoms with Crippen LogP contribution in [-0.2, 0) is 27.2 Å². The Hall–Kier alpha value is -3.30. The number of nitrogens with two attached hydrogens (primary N) is 1. The van der Waals surface area contributed by atoms with Crippen LogP contribution >= 0.6 is 7.52 Å². The molecular weight excluding hydrogens is 467 g/mol. The van der Waals surface area contributed by atoms with Crippen molar-refractivity contribution in [1.82, 2.24) is 24.6 Å². The Morgan fingerprint density at radius 2 is 1.80 bits per heavy atom. The van der Waals surface area contributed by atoms with Gasteiger partial charge in [0, 0.05) is 6.54 Å². The summed E-state index contributed by atoms with van der Waals surface area (Å²) in [5, 5.41) is 3.01.